The van der Waals surface area contributed by atoms with Crippen LogP contribution in [0.15, 0.2) is 88.3 Å². The number of rotatable bonds is 28. The van der Waals surface area contributed by atoms with Crippen LogP contribution in [-0.2, 0) is 76.3 Å². The average Bonchev–Trinajstić information content (AvgIpc) is 1.69. The van der Waals surface area contributed by atoms with Crippen LogP contribution in [0.2, 0.25) is 0 Å². The van der Waals surface area contributed by atoms with Gasteiger partial charge in [0.05, 0.1) is 30.8 Å². The molecule has 15 atom stereocenters. The highest BCUT2D eigenvalue weighted by atomic mass is 32.2. The van der Waals surface area contributed by atoms with Gasteiger partial charge in [-0.05, 0) is 81.1 Å². The summed E-state index contributed by atoms with van der Waals surface area (Å²) in [5.74, 6) is -4.14. The molecule has 4 fully saturated rings. The molecule has 0 saturated carbocycles. The van der Waals surface area contributed by atoms with Crippen LogP contribution in [0.25, 0.3) is 0 Å². The first-order chi connectivity index (χ1) is 43.9. The molecule has 6 aliphatic rings. The Kier molecular flexibility index (Phi) is 23.7. The summed E-state index contributed by atoms with van der Waals surface area (Å²) in [6.45, 7) is 26.5. The van der Waals surface area contributed by atoms with Crippen LogP contribution >= 0.6 is 23.5 Å². The van der Waals surface area contributed by atoms with Gasteiger partial charge in [-0.1, -0.05) is 49.0 Å². The van der Waals surface area contributed by atoms with E-state index in [0.29, 0.717) is 41.5 Å². The van der Waals surface area contributed by atoms with Crippen molar-refractivity contribution in [2.75, 3.05) is 31.3 Å². The number of hydrogen-bond acceptors (Lipinski definition) is 29. The molecular weight excluding hydrogens is 1260 g/mol. The fraction of sp³-hybridized carbons (Fsp3) is 0.629. The third-order valence-electron chi connectivity index (χ3n) is 15.3. The van der Waals surface area contributed by atoms with Gasteiger partial charge in [-0.25, -0.2) is 9.59 Å². The molecule has 3 N–H and O–H groups in total. The van der Waals surface area contributed by atoms with Crippen molar-refractivity contribution in [3.8, 4) is 11.5 Å². The molecule has 8 heterocycles. The SMILES string of the molecule is C=CCOc1cc([C@@H](CCCC(C=C)Oc2cc([C@@H](CCC)NC(=O)[C@]3(C)CSC(/C(C)=N/O[C@H]4O[C@H](COC(C)=O)[C@@H](OC(C)=O)[C@H](OC(C)=O)[C@H]4O)=N3)oc(=O)c2)NC(=O)[C@]2(C)CSC(/C(C)=N/O[C@H]3O[C@@H]4COC(C)(C)O[C@H]4[C@@H]4OC(C)(C)O[C@H]34)=N2)oc(=O)c1. The molecule has 1 unspecified atom stereocenters. The Balaban J connectivity index is 0.912. The zero-order valence-corrected chi connectivity index (χ0v) is 55.6. The zero-order valence-electron chi connectivity index (χ0n) is 54.0. The largest absolute Gasteiger partial charge is 0.489 e. The minimum atomic E-state index is -1.74. The average molecular weight is 1340 g/mol. The normalized spacial score (nSPS) is 29.7. The molecule has 31 heteroatoms. The van der Waals surface area contributed by atoms with E-state index in [2.05, 4.69) is 39.1 Å². The summed E-state index contributed by atoms with van der Waals surface area (Å²) in [6, 6.07) is 3.69. The number of nitrogens with zero attached hydrogens (tertiary/aromatic N) is 4. The van der Waals surface area contributed by atoms with E-state index in [4.69, 9.17) is 75.6 Å². The van der Waals surface area contributed by atoms with Crippen LogP contribution in [0.5, 0.6) is 11.5 Å². The number of fused-ring (bicyclic) bond motifs is 3. The predicted octanol–water partition coefficient (Wildman–Crippen LogP) is 5.58. The standard InChI is InChI=1S/C62H82N6O23S2/c1-15-19-39(63-57(75)61(13)29-92-53(65-61)31(4)67-90-55-47(74)50(81-35(8)71)48(80-34(7)70)43(85-55)27-78-33(6)69)42-24-38(26-46(73)84-42)82-36(17-3)20-18-21-40(41-23-37(77-22-16-2)25-45(72)83-41)64-58(76)62(14)30-93-54(66-62)32(5)68-91-56-52-51(88-60(11,12)89-52)49-44(86-56)28-79-59(9,10)87-49/h16-17,23-26,36,39-40,43-44,47-52,55-56,74H,2-3,15,18-22,27-30H2,1,4-14H3,(H,63,75)(H,64,76)/b67-31+,68-32+/t36?,39-,40-,43-,44-,47-,48-,49-,50-,51+,52+,55-,56-,61+,62+/m1/s1. The molecule has 510 valence electrons. The quantitative estimate of drug-likeness (QED) is 0.0308. The molecule has 0 radical (unpaired) electrons. The predicted molar refractivity (Wildman–Crippen MR) is 336 cm³/mol. The molecule has 6 aliphatic heterocycles. The van der Waals surface area contributed by atoms with Gasteiger partial charge in [0.1, 0.15) is 99.3 Å². The van der Waals surface area contributed by atoms with Gasteiger partial charge in [0.15, 0.2) is 36.0 Å². The van der Waals surface area contributed by atoms with E-state index >= 15 is 0 Å². The van der Waals surface area contributed by atoms with Crippen LogP contribution in [0.1, 0.15) is 139 Å². The van der Waals surface area contributed by atoms with Crippen LogP contribution in [0.4, 0.5) is 0 Å². The van der Waals surface area contributed by atoms with Gasteiger partial charge in [0.2, 0.25) is 11.8 Å². The Morgan fingerprint density at radius 2 is 1.26 bits per heavy atom. The lowest BCUT2D eigenvalue weighted by Crippen LogP contribution is -2.63. The fourth-order valence-corrected chi connectivity index (χ4v) is 13.0. The summed E-state index contributed by atoms with van der Waals surface area (Å²) < 4.78 is 75.8. The molecule has 29 nitrogen and oxygen atoms in total. The third-order valence-corrected chi connectivity index (χ3v) is 18.0. The summed E-state index contributed by atoms with van der Waals surface area (Å²) in [4.78, 5) is 112. The highest BCUT2D eigenvalue weighted by Gasteiger charge is 2.60. The van der Waals surface area contributed by atoms with E-state index in [9.17, 15) is 38.7 Å². The summed E-state index contributed by atoms with van der Waals surface area (Å²) in [6.07, 6.45) is -6.58. The van der Waals surface area contributed by atoms with Crippen molar-refractivity contribution in [1.29, 1.82) is 0 Å². The van der Waals surface area contributed by atoms with Crippen molar-refractivity contribution >= 4 is 74.8 Å². The van der Waals surface area contributed by atoms with Gasteiger partial charge in [-0.15, -0.1) is 23.5 Å². The molecular formula is C62H82N6O23S2. The Morgan fingerprint density at radius 1 is 0.710 bits per heavy atom. The second-order valence-electron chi connectivity index (χ2n) is 24.2. The van der Waals surface area contributed by atoms with Gasteiger partial charge in [-0.3, -0.25) is 34.0 Å². The van der Waals surface area contributed by atoms with Crippen molar-refractivity contribution in [3.05, 3.63) is 81.9 Å². The number of nitrogens with one attached hydrogen (secondary N) is 2. The first-order valence-electron chi connectivity index (χ1n) is 30.4. The van der Waals surface area contributed by atoms with Crippen molar-refractivity contribution in [2.24, 2.45) is 20.3 Å². The van der Waals surface area contributed by atoms with Crippen molar-refractivity contribution < 1.29 is 99.7 Å². The topological polar surface area (TPSA) is 359 Å². The second kappa shape index (κ2) is 30.6. The summed E-state index contributed by atoms with van der Waals surface area (Å²) in [7, 11) is 0. The van der Waals surface area contributed by atoms with Crippen LogP contribution in [0.3, 0.4) is 0 Å². The molecule has 2 aromatic heterocycles. The molecule has 0 bridgehead atoms. The summed E-state index contributed by atoms with van der Waals surface area (Å²) in [5.41, 5.74) is -3.59. The van der Waals surface area contributed by atoms with E-state index < -0.39 is 150 Å². The van der Waals surface area contributed by atoms with E-state index in [1.54, 1.807) is 47.6 Å². The summed E-state index contributed by atoms with van der Waals surface area (Å²) >= 11 is 2.50. The Morgan fingerprint density at radius 3 is 1.83 bits per heavy atom. The maximum absolute atomic E-state index is 14.5. The maximum Gasteiger partial charge on any atom is 0.339 e. The zero-order chi connectivity index (χ0) is 67.7. The number of aliphatic imine (C=N–C) groups is 2. The molecule has 2 aromatic rings. The van der Waals surface area contributed by atoms with E-state index in [0.717, 1.165) is 20.8 Å². The Labute approximate surface area is 545 Å². The van der Waals surface area contributed by atoms with E-state index in [1.807, 2.05) is 20.8 Å². The number of hydrogen-bond donors (Lipinski definition) is 3. The van der Waals surface area contributed by atoms with Crippen LogP contribution in [0, 0.1) is 0 Å². The molecule has 0 aliphatic carbocycles. The molecule has 0 aromatic carbocycles. The molecule has 2 amide bonds. The number of thioether (sulfide) groups is 2. The van der Waals surface area contributed by atoms with Crippen LogP contribution in [-0.4, -0.2) is 178 Å². The molecule has 93 heavy (non-hydrogen) atoms. The highest BCUT2D eigenvalue weighted by molar-refractivity contribution is 8.16. The number of oxime groups is 2. The number of ether oxygens (including phenoxy) is 11. The van der Waals surface area contributed by atoms with E-state index in [-0.39, 0.29) is 59.9 Å². The van der Waals surface area contributed by atoms with Crippen molar-refractivity contribution in [1.82, 2.24) is 10.6 Å². The number of aliphatic hydroxyl groups excluding tert-OH is 1. The van der Waals surface area contributed by atoms with Crippen LogP contribution < -0.4 is 31.4 Å². The van der Waals surface area contributed by atoms with E-state index in [1.165, 1.54) is 53.9 Å². The second-order valence-corrected chi connectivity index (χ2v) is 26.1. The highest BCUT2D eigenvalue weighted by Crippen LogP contribution is 2.43. The molecule has 4 saturated heterocycles. The third kappa shape index (κ3) is 18.5. The first-order valence-corrected chi connectivity index (χ1v) is 32.3. The number of esters is 3. The Bertz CT molecular complexity index is 3350. The minimum absolute atomic E-state index is 0.0970. The maximum atomic E-state index is 14.5. The van der Waals surface area contributed by atoms with Gasteiger partial charge >= 0.3 is 29.2 Å². The van der Waals surface area contributed by atoms with Gasteiger partial charge in [-0.2, -0.15) is 0 Å². The lowest BCUT2D eigenvalue weighted by Gasteiger charge is -2.47. The number of carbonyl (C=O) groups excluding carboxylic acids is 5. The monoisotopic (exact) mass is 1340 g/mol. The Hall–Kier alpha value is -6.97. The van der Waals surface area contributed by atoms with Gasteiger partial charge in [0, 0.05) is 44.4 Å². The smallest absolute Gasteiger partial charge is 0.339 e. The fourth-order valence-electron chi connectivity index (χ4n) is 10.7. The van der Waals surface area contributed by atoms with Crippen molar-refractivity contribution in [3.63, 3.8) is 0 Å². The first kappa shape index (κ1) is 71.9. The minimum Gasteiger partial charge on any atom is -0.489 e. The van der Waals surface area contributed by atoms with Gasteiger partial charge < -0.3 is 86.4 Å². The lowest BCUT2D eigenvalue weighted by atomic mass is 9.97. The number of amides is 2. The van der Waals surface area contributed by atoms with Crippen molar-refractivity contribution in [2.45, 2.75) is 217 Å². The number of carbonyl (C=O) groups is 5. The van der Waals surface area contributed by atoms with Gasteiger partial charge in [0.25, 0.3) is 12.6 Å². The molecule has 0 spiro atoms. The lowest BCUT2D eigenvalue weighted by molar-refractivity contribution is -0.370. The number of aliphatic hydroxyl groups is 1. The summed E-state index contributed by atoms with van der Waals surface area (Å²) in [5, 5.41) is 26.5. The molecule has 8 rings (SSSR count).